The minimum Gasteiger partial charge on any atom is -0.381 e. The third-order valence-electron chi connectivity index (χ3n) is 4.69. The zero-order chi connectivity index (χ0) is 14.7. The van der Waals surface area contributed by atoms with Gasteiger partial charge in [0.15, 0.2) is 0 Å². The van der Waals surface area contributed by atoms with Crippen LogP contribution in [0.1, 0.15) is 25.0 Å². The predicted molar refractivity (Wildman–Crippen MR) is 76.7 cm³/mol. The molecule has 1 amide bonds. The molecule has 1 aromatic rings. The predicted octanol–water partition coefficient (Wildman–Crippen LogP) is 0.995. The van der Waals surface area contributed by atoms with Crippen LogP contribution in [0.15, 0.2) is 12.3 Å². The molecule has 0 spiro atoms. The number of morpholine rings is 1. The smallest absolute Gasteiger partial charge is 0.228 e. The Morgan fingerprint density at radius 1 is 1.57 bits per heavy atom. The van der Waals surface area contributed by atoms with E-state index in [1.807, 2.05) is 11.0 Å². The van der Waals surface area contributed by atoms with Crippen LogP contribution in [0.3, 0.4) is 0 Å². The van der Waals surface area contributed by atoms with Gasteiger partial charge in [0.2, 0.25) is 5.91 Å². The maximum Gasteiger partial charge on any atom is 0.228 e. The number of ether oxygens (including phenoxy) is 2. The molecule has 1 aromatic heterocycles. The van der Waals surface area contributed by atoms with Gasteiger partial charge >= 0.3 is 0 Å². The molecule has 1 saturated carbocycles. The lowest BCUT2D eigenvalue weighted by Crippen LogP contribution is -2.54. The number of H-pyrrole nitrogens is 1. The zero-order valence-corrected chi connectivity index (χ0v) is 12.5. The molecule has 1 aliphatic carbocycles. The minimum atomic E-state index is 0.140. The number of rotatable bonds is 4. The Kier molecular flexibility index (Phi) is 4.55. The van der Waals surface area contributed by atoms with Gasteiger partial charge in [0, 0.05) is 31.5 Å². The second-order valence-electron chi connectivity index (χ2n) is 5.86. The van der Waals surface area contributed by atoms with Crippen LogP contribution in [-0.4, -0.2) is 60.0 Å². The van der Waals surface area contributed by atoms with Crippen molar-refractivity contribution in [2.45, 2.75) is 37.8 Å². The highest BCUT2D eigenvalue weighted by atomic mass is 16.5. The lowest BCUT2D eigenvalue weighted by atomic mass is 9.93. The molecule has 3 rings (SSSR count). The first-order chi connectivity index (χ1) is 10.3. The van der Waals surface area contributed by atoms with Crippen LogP contribution < -0.4 is 0 Å². The molecule has 1 N–H and O–H groups in total. The van der Waals surface area contributed by atoms with E-state index in [4.69, 9.17) is 9.47 Å². The van der Waals surface area contributed by atoms with Crippen molar-refractivity contribution in [1.82, 2.24) is 15.1 Å². The maximum atomic E-state index is 12.6. The molecule has 116 valence electrons. The van der Waals surface area contributed by atoms with Gasteiger partial charge < -0.3 is 14.4 Å². The van der Waals surface area contributed by atoms with E-state index in [2.05, 4.69) is 10.2 Å². The Hall–Kier alpha value is -1.40. The van der Waals surface area contributed by atoms with E-state index in [0.717, 1.165) is 18.5 Å². The summed E-state index contributed by atoms with van der Waals surface area (Å²) < 4.78 is 11.2. The first-order valence-corrected chi connectivity index (χ1v) is 7.68. The molecule has 6 nitrogen and oxygen atoms in total. The molecule has 0 bridgehead atoms. The topological polar surface area (TPSA) is 67.5 Å². The number of carbonyl (C=O) groups is 1. The second kappa shape index (κ2) is 6.58. The quantitative estimate of drug-likeness (QED) is 0.899. The van der Waals surface area contributed by atoms with Gasteiger partial charge in [-0.05, 0) is 18.9 Å². The van der Waals surface area contributed by atoms with Gasteiger partial charge in [-0.15, -0.1) is 0 Å². The van der Waals surface area contributed by atoms with E-state index in [1.165, 1.54) is 6.42 Å². The van der Waals surface area contributed by atoms with Gasteiger partial charge in [-0.2, -0.15) is 5.10 Å². The largest absolute Gasteiger partial charge is 0.381 e. The number of hydrogen-bond acceptors (Lipinski definition) is 4. The average molecular weight is 293 g/mol. The number of nitrogens with one attached hydrogen (secondary N) is 1. The van der Waals surface area contributed by atoms with Crippen molar-refractivity contribution in [3.8, 4) is 0 Å². The molecule has 3 atom stereocenters. The van der Waals surface area contributed by atoms with Crippen molar-refractivity contribution >= 4 is 5.91 Å². The van der Waals surface area contributed by atoms with Gasteiger partial charge in [0.25, 0.3) is 0 Å². The van der Waals surface area contributed by atoms with Crippen LogP contribution in [0.4, 0.5) is 0 Å². The Labute approximate surface area is 124 Å². The van der Waals surface area contributed by atoms with E-state index in [1.54, 1.807) is 13.3 Å². The van der Waals surface area contributed by atoms with Crippen LogP contribution >= 0.6 is 0 Å². The summed E-state index contributed by atoms with van der Waals surface area (Å²) in [7, 11) is 1.77. The number of aromatic nitrogens is 2. The van der Waals surface area contributed by atoms with Crippen molar-refractivity contribution in [2.75, 3.05) is 26.9 Å². The van der Waals surface area contributed by atoms with Crippen LogP contribution in [-0.2, 0) is 20.7 Å². The van der Waals surface area contributed by atoms with E-state index in [9.17, 15) is 4.79 Å². The van der Waals surface area contributed by atoms with Crippen molar-refractivity contribution < 1.29 is 14.3 Å². The molecule has 2 aliphatic rings. The van der Waals surface area contributed by atoms with Crippen LogP contribution in [0.2, 0.25) is 0 Å². The van der Waals surface area contributed by atoms with Crippen LogP contribution in [0.5, 0.6) is 0 Å². The minimum absolute atomic E-state index is 0.140. The summed E-state index contributed by atoms with van der Waals surface area (Å²) in [6, 6.07) is 1.99. The lowest BCUT2D eigenvalue weighted by molar-refractivity contribution is -0.143. The molecule has 0 radical (unpaired) electrons. The van der Waals surface area contributed by atoms with Gasteiger partial charge in [-0.25, -0.2) is 0 Å². The van der Waals surface area contributed by atoms with E-state index >= 15 is 0 Å². The second-order valence-corrected chi connectivity index (χ2v) is 5.86. The first kappa shape index (κ1) is 14.5. The fraction of sp³-hybridized carbons (Fsp3) is 0.733. The fourth-order valence-electron chi connectivity index (χ4n) is 3.62. The summed E-state index contributed by atoms with van der Waals surface area (Å²) in [4.78, 5) is 14.6. The fourth-order valence-corrected chi connectivity index (χ4v) is 3.62. The van der Waals surface area contributed by atoms with E-state index < -0.39 is 0 Å². The third-order valence-corrected chi connectivity index (χ3v) is 4.69. The number of methoxy groups -OCH3 is 1. The molecule has 1 saturated heterocycles. The monoisotopic (exact) mass is 293 g/mol. The van der Waals surface area contributed by atoms with E-state index in [0.29, 0.717) is 32.1 Å². The van der Waals surface area contributed by atoms with Gasteiger partial charge in [0.05, 0.1) is 31.8 Å². The average Bonchev–Trinajstić information content (AvgIpc) is 3.18. The van der Waals surface area contributed by atoms with Crippen molar-refractivity contribution in [3.63, 3.8) is 0 Å². The number of aromatic amines is 1. The van der Waals surface area contributed by atoms with Crippen molar-refractivity contribution in [1.29, 1.82) is 0 Å². The molecular weight excluding hydrogens is 270 g/mol. The summed E-state index contributed by atoms with van der Waals surface area (Å²) in [6.45, 7) is 1.92. The zero-order valence-electron chi connectivity index (χ0n) is 12.5. The number of carbonyl (C=O) groups excluding carboxylic acids is 1. The maximum absolute atomic E-state index is 12.6. The molecule has 0 aromatic carbocycles. The highest BCUT2D eigenvalue weighted by Crippen LogP contribution is 2.34. The molecule has 2 fully saturated rings. The summed E-state index contributed by atoms with van der Waals surface area (Å²) in [6.07, 6.45) is 5.67. The standard InChI is InChI=1S/C15H23N3O3/c1-20-14-4-2-3-12(14)13-10-21-8-7-18(13)15(19)9-11-5-6-16-17-11/h5-6,12-14H,2-4,7-10H2,1H3,(H,16,17). The lowest BCUT2D eigenvalue weighted by Gasteiger charge is -2.40. The number of nitrogens with zero attached hydrogens (tertiary/aromatic N) is 2. The molecule has 2 heterocycles. The van der Waals surface area contributed by atoms with Gasteiger partial charge in [0.1, 0.15) is 0 Å². The van der Waals surface area contributed by atoms with Crippen LogP contribution in [0.25, 0.3) is 0 Å². The summed E-state index contributed by atoms with van der Waals surface area (Å²) in [5, 5.41) is 6.76. The Morgan fingerprint density at radius 2 is 2.48 bits per heavy atom. The highest BCUT2D eigenvalue weighted by molar-refractivity contribution is 5.78. The van der Waals surface area contributed by atoms with Gasteiger partial charge in [-0.1, -0.05) is 6.42 Å². The highest BCUT2D eigenvalue weighted by Gasteiger charge is 2.40. The third kappa shape index (κ3) is 3.11. The Balaban J connectivity index is 1.70. The first-order valence-electron chi connectivity index (χ1n) is 7.68. The normalized spacial score (nSPS) is 29.8. The number of hydrogen-bond donors (Lipinski definition) is 1. The Morgan fingerprint density at radius 3 is 3.24 bits per heavy atom. The van der Waals surface area contributed by atoms with E-state index in [-0.39, 0.29) is 18.1 Å². The van der Waals surface area contributed by atoms with Crippen molar-refractivity contribution in [3.05, 3.63) is 18.0 Å². The summed E-state index contributed by atoms with van der Waals surface area (Å²) in [5.74, 6) is 0.537. The molecule has 21 heavy (non-hydrogen) atoms. The molecular formula is C15H23N3O3. The van der Waals surface area contributed by atoms with Crippen molar-refractivity contribution in [2.24, 2.45) is 5.92 Å². The molecule has 1 aliphatic heterocycles. The number of amides is 1. The Bertz CT molecular complexity index is 463. The summed E-state index contributed by atoms with van der Waals surface area (Å²) in [5.41, 5.74) is 0.861. The van der Waals surface area contributed by atoms with Gasteiger partial charge in [-0.3, -0.25) is 9.89 Å². The molecule has 3 unspecified atom stereocenters. The summed E-state index contributed by atoms with van der Waals surface area (Å²) >= 11 is 0. The molecule has 6 heteroatoms. The SMILES string of the molecule is COC1CCCC1C1COCCN1C(=O)Cc1ccn[nH]1. The van der Waals surface area contributed by atoms with Crippen LogP contribution in [0, 0.1) is 5.92 Å².